The van der Waals surface area contributed by atoms with Crippen LogP contribution in [0.4, 0.5) is 0 Å². The Kier molecular flexibility index (Phi) is 4.42. The van der Waals surface area contributed by atoms with Crippen LogP contribution in [-0.2, 0) is 17.1 Å². The van der Waals surface area contributed by atoms with E-state index >= 15 is 0 Å². The molecule has 0 radical (unpaired) electrons. The standard InChI is InChI=1S/C10H18N4O2S.ClH/c1-10(7-11)4-6-14(8-10)17(15,16)9-3-5-12-13(9)2;/h3,5H,4,6-8,11H2,1-2H3;1H. The molecule has 1 aromatic rings. The number of aromatic nitrogens is 2. The van der Waals surface area contributed by atoms with E-state index < -0.39 is 10.0 Å². The molecule has 1 aliphatic rings. The van der Waals surface area contributed by atoms with Crippen molar-refractivity contribution in [2.24, 2.45) is 18.2 Å². The predicted octanol–water partition coefficient (Wildman–Crippen LogP) is 0.201. The smallest absolute Gasteiger partial charge is 0.260 e. The molecule has 0 amide bonds. The lowest BCUT2D eigenvalue weighted by Gasteiger charge is -2.22. The van der Waals surface area contributed by atoms with Gasteiger partial charge in [0.15, 0.2) is 5.03 Å². The Morgan fingerprint density at radius 2 is 2.22 bits per heavy atom. The first-order valence-corrected chi connectivity index (χ1v) is 7.01. The second kappa shape index (κ2) is 5.16. The van der Waals surface area contributed by atoms with E-state index in [4.69, 9.17) is 5.73 Å². The molecule has 2 rings (SSSR count). The zero-order chi connectivity index (χ0) is 12.7. The molecular weight excluding hydrogens is 276 g/mol. The van der Waals surface area contributed by atoms with Gasteiger partial charge in [-0.3, -0.25) is 4.68 Å². The van der Waals surface area contributed by atoms with Gasteiger partial charge in [0.25, 0.3) is 10.0 Å². The summed E-state index contributed by atoms with van der Waals surface area (Å²) in [5.74, 6) is 0. The van der Waals surface area contributed by atoms with Crippen molar-refractivity contribution in [2.75, 3.05) is 19.6 Å². The number of halogens is 1. The van der Waals surface area contributed by atoms with Crippen molar-refractivity contribution in [3.63, 3.8) is 0 Å². The van der Waals surface area contributed by atoms with E-state index in [0.29, 0.717) is 19.6 Å². The van der Waals surface area contributed by atoms with E-state index in [-0.39, 0.29) is 22.8 Å². The largest absolute Gasteiger partial charge is 0.330 e. The number of hydrogen-bond donors (Lipinski definition) is 1. The molecule has 0 aliphatic carbocycles. The molecule has 1 unspecified atom stereocenters. The van der Waals surface area contributed by atoms with Crippen LogP contribution in [-0.4, -0.2) is 42.1 Å². The molecule has 0 spiro atoms. The summed E-state index contributed by atoms with van der Waals surface area (Å²) in [7, 11) is -1.80. The molecule has 1 aromatic heterocycles. The quantitative estimate of drug-likeness (QED) is 0.863. The predicted molar refractivity (Wildman–Crippen MR) is 71.0 cm³/mol. The van der Waals surface area contributed by atoms with Crippen molar-refractivity contribution in [1.29, 1.82) is 0 Å². The first-order valence-electron chi connectivity index (χ1n) is 5.57. The van der Waals surface area contributed by atoms with Crippen LogP contribution in [0.1, 0.15) is 13.3 Å². The number of rotatable bonds is 3. The van der Waals surface area contributed by atoms with Gasteiger partial charge in [-0.1, -0.05) is 6.92 Å². The van der Waals surface area contributed by atoms with Crippen molar-refractivity contribution in [3.8, 4) is 0 Å². The third kappa shape index (κ3) is 2.54. The Balaban J connectivity index is 0.00000162. The second-order valence-electron chi connectivity index (χ2n) is 4.90. The van der Waals surface area contributed by atoms with Gasteiger partial charge in [0.1, 0.15) is 0 Å². The number of aryl methyl sites for hydroxylation is 1. The SMILES string of the molecule is Cl.Cn1nccc1S(=O)(=O)N1CCC(C)(CN)C1. The van der Waals surface area contributed by atoms with Crippen LogP contribution in [0, 0.1) is 5.41 Å². The Labute approximate surface area is 114 Å². The first-order chi connectivity index (χ1) is 7.89. The van der Waals surface area contributed by atoms with Crippen molar-refractivity contribution in [1.82, 2.24) is 14.1 Å². The molecule has 1 aliphatic heterocycles. The van der Waals surface area contributed by atoms with E-state index in [1.807, 2.05) is 6.92 Å². The van der Waals surface area contributed by atoms with Gasteiger partial charge in [-0.2, -0.15) is 9.40 Å². The minimum absolute atomic E-state index is 0. The average molecular weight is 295 g/mol. The summed E-state index contributed by atoms with van der Waals surface area (Å²) < 4.78 is 27.6. The monoisotopic (exact) mass is 294 g/mol. The van der Waals surface area contributed by atoms with Crippen molar-refractivity contribution < 1.29 is 8.42 Å². The summed E-state index contributed by atoms with van der Waals surface area (Å²) in [5, 5.41) is 4.13. The second-order valence-corrected chi connectivity index (χ2v) is 6.78. The molecule has 18 heavy (non-hydrogen) atoms. The molecule has 0 aromatic carbocycles. The van der Waals surface area contributed by atoms with Crippen molar-refractivity contribution >= 4 is 22.4 Å². The highest BCUT2D eigenvalue weighted by molar-refractivity contribution is 7.89. The van der Waals surface area contributed by atoms with Gasteiger partial charge in [0.05, 0.1) is 6.20 Å². The van der Waals surface area contributed by atoms with E-state index in [1.165, 1.54) is 21.3 Å². The van der Waals surface area contributed by atoms with Crippen molar-refractivity contribution in [3.05, 3.63) is 12.3 Å². The highest BCUT2D eigenvalue weighted by Gasteiger charge is 2.39. The molecule has 6 nitrogen and oxygen atoms in total. The maximum atomic E-state index is 12.3. The lowest BCUT2D eigenvalue weighted by Crippen LogP contribution is -2.35. The fourth-order valence-electron chi connectivity index (χ4n) is 2.10. The van der Waals surface area contributed by atoms with Crippen molar-refractivity contribution in [2.45, 2.75) is 18.4 Å². The molecule has 0 saturated carbocycles. The summed E-state index contributed by atoms with van der Waals surface area (Å²) in [4.78, 5) is 0. The lowest BCUT2D eigenvalue weighted by atomic mass is 9.90. The van der Waals surface area contributed by atoms with E-state index in [2.05, 4.69) is 5.10 Å². The van der Waals surface area contributed by atoms with Gasteiger partial charge in [-0.25, -0.2) is 8.42 Å². The fourth-order valence-corrected chi connectivity index (χ4v) is 3.79. The minimum atomic E-state index is -3.43. The number of nitrogens with zero attached hydrogens (tertiary/aromatic N) is 3. The summed E-state index contributed by atoms with van der Waals surface area (Å²) in [6.07, 6.45) is 2.30. The van der Waals surface area contributed by atoms with Crippen LogP contribution in [0.3, 0.4) is 0 Å². The van der Waals surface area contributed by atoms with Crippen LogP contribution in [0.25, 0.3) is 0 Å². The maximum absolute atomic E-state index is 12.3. The van der Waals surface area contributed by atoms with E-state index in [9.17, 15) is 8.42 Å². The number of hydrogen-bond acceptors (Lipinski definition) is 4. The molecule has 2 N–H and O–H groups in total. The van der Waals surface area contributed by atoms with Gasteiger partial charge >= 0.3 is 0 Å². The molecule has 1 atom stereocenters. The van der Waals surface area contributed by atoms with Gasteiger partial charge in [-0.15, -0.1) is 12.4 Å². The van der Waals surface area contributed by atoms with Gasteiger partial charge < -0.3 is 5.73 Å². The number of nitrogens with two attached hydrogens (primary N) is 1. The van der Waals surface area contributed by atoms with E-state index in [1.54, 1.807) is 7.05 Å². The zero-order valence-electron chi connectivity index (χ0n) is 10.5. The molecular formula is C10H19ClN4O2S. The Bertz CT molecular complexity index is 516. The third-order valence-corrected chi connectivity index (χ3v) is 5.32. The normalized spacial score (nSPS) is 25.1. The fraction of sp³-hybridized carbons (Fsp3) is 0.700. The topological polar surface area (TPSA) is 81.2 Å². The highest BCUT2D eigenvalue weighted by atomic mass is 35.5. The Morgan fingerprint density at radius 3 is 2.67 bits per heavy atom. The molecule has 104 valence electrons. The molecule has 1 fully saturated rings. The van der Waals surface area contributed by atoms with Crippen LogP contribution in [0.15, 0.2) is 17.3 Å². The maximum Gasteiger partial charge on any atom is 0.260 e. The van der Waals surface area contributed by atoms with Crippen LogP contribution < -0.4 is 5.73 Å². The Morgan fingerprint density at radius 1 is 1.56 bits per heavy atom. The third-order valence-electron chi connectivity index (χ3n) is 3.40. The molecule has 2 heterocycles. The minimum Gasteiger partial charge on any atom is -0.330 e. The summed E-state index contributed by atoms with van der Waals surface area (Å²) in [6, 6.07) is 1.52. The summed E-state index contributed by atoms with van der Waals surface area (Å²) in [6.45, 7) is 3.54. The van der Waals surface area contributed by atoms with Crippen LogP contribution in [0.5, 0.6) is 0 Å². The Hall–Kier alpha value is -0.630. The van der Waals surface area contributed by atoms with Crippen LogP contribution >= 0.6 is 12.4 Å². The van der Waals surface area contributed by atoms with Gasteiger partial charge in [-0.05, 0) is 24.4 Å². The molecule has 8 heteroatoms. The zero-order valence-corrected chi connectivity index (χ0v) is 12.2. The average Bonchev–Trinajstić information content (AvgIpc) is 2.86. The summed E-state index contributed by atoms with van der Waals surface area (Å²) >= 11 is 0. The van der Waals surface area contributed by atoms with E-state index in [0.717, 1.165) is 6.42 Å². The molecule has 1 saturated heterocycles. The first kappa shape index (κ1) is 15.4. The van der Waals surface area contributed by atoms with Crippen LogP contribution in [0.2, 0.25) is 0 Å². The molecule has 0 bridgehead atoms. The lowest BCUT2D eigenvalue weighted by molar-refractivity contribution is 0.348. The highest BCUT2D eigenvalue weighted by Crippen LogP contribution is 2.32. The van der Waals surface area contributed by atoms with Gasteiger partial charge in [0, 0.05) is 20.1 Å². The number of sulfonamides is 1. The summed E-state index contributed by atoms with van der Waals surface area (Å²) in [5.41, 5.74) is 5.58. The van der Waals surface area contributed by atoms with Gasteiger partial charge in [0.2, 0.25) is 0 Å².